The number of likely N-dealkylation sites (tertiary alicyclic amines) is 1. The lowest BCUT2D eigenvalue weighted by Gasteiger charge is -2.41. The van der Waals surface area contributed by atoms with E-state index in [1.54, 1.807) is 0 Å². The van der Waals surface area contributed by atoms with Crippen molar-refractivity contribution in [2.24, 2.45) is 0 Å². The van der Waals surface area contributed by atoms with E-state index in [1.807, 2.05) is 0 Å². The van der Waals surface area contributed by atoms with Gasteiger partial charge < -0.3 is 4.90 Å². The van der Waals surface area contributed by atoms with Gasteiger partial charge in [0.25, 0.3) is 0 Å². The number of hydrogen-bond donors (Lipinski definition) is 0. The van der Waals surface area contributed by atoms with Crippen LogP contribution < -0.4 is 0 Å². The summed E-state index contributed by atoms with van der Waals surface area (Å²) < 4.78 is 0. The van der Waals surface area contributed by atoms with Crippen LogP contribution in [-0.2, 0) is 4.79 Å². The second-order valence-corrected chi connectivity index (χ2v) is 8.47. The highest BCUT2D eigenvalue weighted by molar-refractivity contribution is 5.78. The largest absolute Gasteiger partial charge is 0.339 e. The molecule has 2 heterocycles. The van der Waals surface area contributed by atoms with E-state index >= 15 is 0 Å². The van der Waals surface area contributed by atoms with Gasteiger partial charge in [0.15, 0.2) is 0 Å². The van der Waals surface area contributed by atoms with E-state index in [1.165, 1.54) is 17.5 Å². The summed E-state index contributed by atoms with van der Waals surface area (Å²) >= 11 is 0. The van der Waals surface area contributed by atoms with E-state index in [0.717, 1.165) is 45.6 Å². The third kappa shape index (κ3) is 4.88. The molecule has 4 rings (SSSR count). The quantitative estimate of drug-likeness (QED) is 0.776. The van der Waals surface area contributed by atoms with Gasteiger partial charge in [0.2, 0.25) is 5.91 Å². The molecule has 29 heavy (non-hydrogen) atoms. The Labute approximate surface area is 175 Å². The molecule has 2 fully saturated rings. The third-order valence-electron chi connectivity index (χ3n) is 6.48. The van der Waals surface area contributed by atoms with Gasteiger partial charge >= 0.3 is 0 Å². The maximum Gasteiger partial charge on any atom is 0.236 e. The predicted octanol–water partition coefficient (Wildman–Crippen LogP) is 3.79. The molecular formula is C25H33N3O. The van der Waals surface area contributed by atoms with Crippen molar-refractivity contribution in [3.63, 3.8) is 0 Å². The Kier molecular flexibility index (Phi) is 6.63. The highest BCUT2D eigenvalue weighted by Gasteiger charge is 2.29. The van der Waals surface area contributed by atoms with Gasteiger partial charge in [-0.05, 0) is 37.3 Å². The van der Waals surface area contributed by atoms with Crippen molar-refractivity contribution in [1.29, 1.82) is 0 Å². The molecule has 2 saturated heterocycles. The second-order valence-electron chi connectivity index (χ2n) is 8.47. The lowest BCUT2D eigenvalue weighted by atomic mass is 9.96. The van der Waals surface area contributed by atoms with Crippen molar-refractivity contribution < 1.29 is 4.79 Å². The lowest BCUT2D eigenvalue weighted by molar-refractivity contribution is -0.136. The van der Waals surface area contributed by atoms with E-state index in [4.69, 9.17) is 0 Å². The highest BCUT2D eigenvalue weighted by Crippen LogP contribution is 2.29. The Morgan fingerprint density at radius 3 is 2.00 bits per heavy atom. The summed E-state index contributed by atoms with van der Waals surface area (Å²) in [6.07, 6.45) is 3.55. The van der Waals surface area contributed by atoms with Gasteiger partial charge in [-0.2, -0.15) is 0 Å². The van der Waals surface area contributed by atoms with E-state index < -0.39 is 0 Å². The first-order valence-electron chi connectivity index (χ1n) is 11.1. The minimum Gasteiger partial charge on any atom is -0.339 e. The van der Waals surface area contributed by atoms with E-state index in [2.05, 4.69) is 82.3 Å². The number of nitrogens with zero attached hydrogens (tertiary/aromatic N) is 3. The number of carbonyl (C=O) groups excluding carboxylic acids is 1. The minimum absolute atomic E-state index is 0.275. The molecule has 0 bridgehead atoms. The number of carbonyl (C=O) groups is 1. The smallest absolute Gasteiger partial charge is 0.236 e. The molecular weight excluding hydrogens is 358 g/mol. The fourth-order valence-electron chi connectivity index (χ4n) is 4.82. The average Bonchev–Trinajstić information content (AvgIpc) is 2.77. The zero-order chi connectivity index (χ0) is 20.1. The summed E-state index contributed by atoms with van der Waals surface area (Å²) in [6.45, 7) is 7.56. The number of piperidine rings is 1. The van der Waals surface area contributed by atoms with Crippen LogP contribution in [-0.4, -0.2) is 65.9 Å². The Morgan fingerprint density at radius 2 is 1.45 bits per heavy atom. The predicted molar refractivity (Wildman–Crippen MR) is 118 cm³/mol. The van der Waals surface area contributed by atoms with Crippen molar-refractivity contribution in [2.45, 2.75) is 38.3 Å². The van der Waals surface area contributed by atoms with Crippen LogP contribution in [0.2, 0.25) is 0 Å². The van der Waals surface area contributed by atoms with Gasteiger partial charge in [0.1, 0.15) is 0 Å². The van der Waals surface area contributed by atoms with Crippen LogP contribution in [0.4, 0.5) is 0 Å². The van der Waals surface area contributed by atoms with Crippen molar-refractivity contribution in [3.8, 4) is 0 Å². The maximum atomic E-state index is 12.8. The van der Waals surface area contributed by atoms with Gasteiger partial charge in [-0.25, -0.2) is 0 Å². The molecule has 154 valence electrons. The number of hydrogen-bond acceptors (Lipinski definition) is 3. The molecule has 2 aromatic rings. The third-order valence-corrected chi connectivity index (χ3v) is 6.48. The van der Waals surface area contributed by atoms with Gasteiger partial charge in [0, 0.05) is 38.8 Å². The molecule has 0 radical (unpaired) electrons. The Morgan fingerprint density at radius 1 is 0.862 bits per heavy atom. The summed E-state index contributed by atoms with van der Waals surface area (Å²) in [6, 6.07) is 22.2. The maximum absolute atomic E-state index is 12.8. The summed E-state index contributed by atoms with van der Waals surface area (Å²) in [5.74, 6) is 0.313. The SMILES string of the molecule is C[C@@H]1CCCCN1C(=O)CN1CCN(C(c2ccccc2)c2ccccc2)CC1. The first-order chi connectivity index (χ1) is 14.2. The molecule has 2 aliphatic heterocycles. The summed E-state index contributed by atoms with van der Waals surface area (Å²) in [4.78, 5) is 19.8. The van der Waals surface area contributed by atoms with Crippen LogP contribution in [0.25, 0.3) is 0 Å². The summed E-state index contributed by atoms with van der Waals surface area (Å²) in [7, 11) is 0. The number of benzene rings is 2. The fourth-order valence-corrected chi connectivity index (χ4v) is 4.82. The van der Waals surface area contributed by atoms with Gasteiger partial charge in [-0.15, -0.1) is 0 Å². The van der Waals surface area contributed by atoms with E-state index in [-0.39, 0.29) is 6.04 Å². The van der Waals surface area contributed by atoms with Crippen molar-refractivity contribution in [2.75, 3.05) is 39.3 Å². The van der Waals surface area contributed by atoms with Crippen molar-refractivity contribution in [3.05, 3.63) is 71.8 Å². The van der Waals surface area contributed by atoms with Gasteiger partial charge in [0.05, 0.1) is 12.6 Å². The van der Waals surface area contributed by atoms with Crippen LogP contribution in [0.1, 0.15) is 43.4 Å². The van der Waals surface area contributed by atoms with Crippen LogP contribution in [0.5, 0.6) is 0 Å². The molecule has 4 heteroatoms. The van der Waals surface area contributed by atoms with Crippen LogP contribution in [0, 0.1) is 0 Å². The molecule has 0 saturated carbocycles. The van der Waals surface area contributed by atoms with Gasteiger partial charge in [-0.1, -0.05) is 60.7 Å². The number of rotatable bonds is 5. The molecule has 4 nitrogen and oxygen atoms in total. The molecule has 1 amide bonds. The molecule has 0 aliphatic carbocycles. The summed E-state index contributed by atoms with van der Waals surface area (Å²) in [5, 5.41) is 0. The zero-order valence-electron chi connectivity index (χ0n) is 17.5. The summed E-state index contributed by atoms with van der Waals surface area (Å²) in [5.41, 5.74) is 2.68. The Hall–Kier alpha value is -2.17. The second kappa shape index (κ2) is 9.55. The molecule has 0 spiro atoms. The van der Waals surface area contributed by atoms with Crippen LogP contribution in [0.3, 0.4) is 0 Å². The van der Waals surface area contributed by atoms with Crippen LogP contribution in [0.15, 0.2) is 60.7 Å². The van der Waals surface area contributed by atoms with Gasteiger partial charge in [-0.3, -0.25) is 14.6 Å². The highest BCUT2D eigenvalue weighted by atomic mass is 16.2. The van der Waals surface area contributed by atoms with E-state index in [9.17, 15) is 4.79 Å². The Bertz CT molecular complexity index is 732. The number of amides is 1. The zero-order valence-corrected chi connectivity index (χ0v) is 17.5. The molecule has 1 atom stereocenters. The fraction of sp³-hybridized carbons (Fsp3) is 0.480. The average molecular weight is 392 g/mol. The van der Waals surface area contributed by atoms with Crippen molar-refractivity contribution >= 4 is 5.91 Å². The van der Waals surface area contributed by atoms with E-state index in [0.29, 0.717) is 18.5 Å². The first kappa shape index (κ1) is 20.1. The minimum atomic E-state index is 0.275. The van der Waals surface area contributed by atoms with Crippen molar-refractivity contribution in [1.82, 2.24) is 14.7 Å². The van der Waals surface area contributed by atoms with Crippen LogP contribution >= 0.6 is 0 Å². The lowest BCUT2D eigenvalue weighted by Crippen LogP contribution is -2.52. The Balaban J connectivity index is 1.40. The number of piperazine rings is 1. The first-order valence-corrected chi connectivity index (χ1v) is 11.1. The monoisotopic (exact) mass is 391 g/mol. The molecule has 0 unspecified atom stereocenters. The molecule has 0 aromatic heterocycles. The molecule has 2 aliphatic rings. The topological polar surface area (TPSA) is 26.8 Å². The molecule has 2 aromatic carbocycles. The normalized spacial score (nSPS) is 21.4. The standard InChI is InChI=1S/C25H33N3O/c1-21-10-8-9-15-28(21)24(29)20-26-16-18-27(19-17-26)25(22-11-4-2-5-12-22)23-13-6-3-7-14-23/h2-7,11-14,21,25H,8-10,15-20H2,1H3/t21-/m1/s1. The molecule has 0 N–H and O–H groups in total.